The zero-order chi connectivity index (χ0) is 16.6. The highest BCUT2D eigenvalue weighted by Crippen LogP contribution is 2.57. The first-order chi connectivity index (χ1) is 11.0. The summed E-state index contributed by atoms with van der Waals surface area (Å²) in [4.78, 5) is 12.8. The molecule has 1 unspecified atom stereocenters. The van der Waals surface area contributed by atoms with Crippen molar-refractivity contribution in [2.75, 3.05) is 13.7 Å². The molecule has 0 aromatic heterocycles. The molecule has 3 nitrogen and oxygen atoms in total. The Balaban J connectivity index is 1.98. The summed E-state index contributed by atoms with van der Waals surface area (Å²) in [7, 11) is 1.79. The van der Waals surface area contributed by atoms with Crippen molar-refractivity contribution in [3.05, 3.63) is 33.8 Å². The van der Waals surface area contributed by atoms with Crippen LogP contribution in [-0.4, -0.2) is 25.8 Å². The van der Waals surface area contributed by atoms with Crippen molar-refractivity contribution in [3.8, 4) is 0 Å². The molecule has 0 aliphatic heterocycles. The first-order valence-electron chi connectivity index (χ1n) is 8.48. The van der Waals surface area contributed by atoms with Crippen molar-refractivity contribution in [1.82, 2.24) is 0 Å². The van der Waals surface area contributed by atoms with E-state index in [1.54, 1.807) is 7.11 Å². The first-order valence-corrected chi connectivity index (χ1v) is 9.28. The maximum atomic E-state index is 12.8. The molecule has 0 amide bonds. The van der Waals surface area contributed by atoms with Gasteiger partial charge in [-0.2, -0.15) is 0 Å². The molecule has 0 saturated heterocycles. The predicted octanol–water partition coefficient (Wildman–Crippen LogP) is 4.47. The molecule has 0 bridgehead atoms. The Bertz CT molecular complexity index is 600. The maximum absolute atomic E-state index is 12.8. The molecule has 0 N–H and O–H groups in total. The fraction of sp³-hybridized carbons (Fsp3) is 0.632. The Morgan fingerprint density at radius 3 is 2.87 bits per heavy atom. The molecule has 2 aliphatic rings. The Labute approximate surface area is 146 Å². The van der Waals surface area contributed by atoms with Gasteiger partial charge in [0.15, 0.2) is 0 Å². The molecule has 1 fully saturated rings. The number of carbonyl (C=O) groups excluding carboxylic acids is 1. The Hall–Kier alpha value is -0.870. The van der Waals surface area contributed by atoms with Gasteiger partial charge in [-0.3, -0.25) is 4.79 Å². The van der Waals surface area contributed by atoms with E-state index in [9.17, 15) is 4.79 Å². The molecule has 0 radical (unpaired) electrons. The summed E-state index contributed by atoms with van der Waals surface area (Å²) in [5.41, 5.74) is 2.44. The largest absolute Gasteiger partial charge is 0.466 e. The average Bonchev–Trinajstić information content (AvgIpc) is 2.80. The van der Waals surface area contributed by atoms with Crippen LogP contribution in [0.15, 0.2) is 22.7 Å². The lowest BCUT2D eigenvalue weighted by Gasteiger charge is -2.43. The SMILES string of the molecule is CCOC(=O)C1c2cc(Br)ccc2C[C@@]12CC[C@H](OC)[C@@H](C)C2. The zero-order valence-electron chi connectivity index (χ0n) is 14.1. The Kier molecular flexibility index (Phi) is 4.84. The number of esters is 1. The molecular weight excluding hydrogens is 356 g/mol. The van der Waals surface area contributed by atoms with Crippen LogP contribution in [0, 0.1) is 11.3 Å². The first kappa shape index (κ1) is 17.0. The van der Waals surface area contributed by atoms with Crippen LogP contribution in [0.2, 0.25) is 0 Å². The van der Waals surface area contributed by atoms with Gasteiger partial charge in [-0.1, -0.05) is 28.9 Å². The Morgan fingerprint density at radius 2 is 2.22 bits per heavy atom. The minimum absolute atomic E-state index is 0.0101. The van der Waals surface area contributed by atoms with Crippen LogP contribution >= 0.6 is 15.9 Å². The highest BCUT2D eigenvalue weighted by molar-refractivity contribution is 9.10. The van der Waals surface area contributed by atoms with E-state index in [2.05, 4.69) is 41.1 Å². The lowest BCUT2D eigenvalue weighted by Crippen LogP contribution is -2.41. The smallest absolute Gasteiger partial charge is 0.313 e. The number of fused-ring (bicyclic) bond motifs is 1. The minimum Gasteiger partial charge on any atom is -0.466 e. The second-order valence-electron chi connectivity index (χ2n) is 7.06. The van der Waals surface area contributed by atoms with Crippen LogP contribution in [0.25, 0.3) is 0 Å². The number of rotatable bonds is 3. The van der Waals surface area contributed by atoms with Crippen LogP contribution < -0.4 is 0 Å². The summed E-state index contributed by atoms with van der Waals surface area (Å²) in [6.07, 6.45) is 4.33. The molecule has 3 rings (SSSR count). The van der Waals surface area contributed by atoms with Gasteiger partial charge in [0.25, 0.3) is 0 Å². The molecule has 1 aromatic carbocycles. The van der Waals surface area contributed by atoms with E-state index in [-0.39, 0.29) is 17.3 Å². The summed E-state index contributed by atoms with van der Waals surface area (Å²) in [5, 5.41) is 0. The fourth-order valence-electron chi connectivity index (χ4n) is 4.77. The van der Waals surface area contributed by atoms with Gasteiger partial charge in [-0.15, -0.1) is 0 Å². The number of ether oxygens (including phenoxy) is 2. The van der Waals surface area contributed by atoms with Crippen LogP contribution in [0.3, 0.4) is 0 Å². The molecule has 4 atom stereocenters. The van der Waals surface area contributed by atoms with Gasteiger partial charge < -0.3 is 9.47 Å². The van der Waals surface area contributed by atoms with Gasteiger partial charge >= 0.3 is 5.97 Å². The summed E-state index contributed by atoms with van der Waals surface area (Å²) >= 11 is 3.55. The van der Waals surface area contributed by atoms with Gasteiger partial charge in [-0.25, -0.2) is 0 Å². The molecule has 126 valence electrons. The van der Waals surface area contributed by atoms with Gasteiger partial charge in [-0.05, 0) is 67.2 Å². The molecule has 1 spiro atoms. The van der Waals surface area contributed by atoms with E-state index in [0.29, 0.717) is 18.6 Å². The molecule has 1 saturated carbocycles. The maximum Gasteiger partial charge on any atom is 0.313 e. The topological polar surface area (TPSA) is 35.5 Å². The lowest BCUT2D eigenvalue weighted by molar-refractivity contribution is -0.150. The monoisotopic (exact) mass is 380 g/mol. The van der Waals surface area contributed by atoms with Gasteiger partial charge in [0, 0.05) is 11.6 Å². The highest BCUT2D eigenvalue weighted by Gasteiger charge is 2.53. The van der Waals surface area contributed by atoms with Gasteiger partial charge in [0.2, 0.25) is 0 Å². The average molecular weight is 381 g/mol. The fourth-order valence-corrected chi connectivity index (χ4v) is 5.15. The summed E-state index contributed by atoms with van der Waals surface area (Å²) in [6, 6.07) is 6.34. The standard InChI is InChI=1S/C19H25BrO3/c1-4-23-18(21)17-15-9-14(20)6-5-13(15)11-19(17)8-7-16(22-3)12(2)10-19/h5-6,9,12,16-17H,4,7-8,10-11H2,1-3H3/t12-,16-,17?,19-/m0/s1. The molecule has 4 heteroatoms. The summed E-state index contributed by atoms with van der Waals surface area (Å²) in [5.74, 6) is 0.256. The third-order valence-electron chi connectivity index (χ3n) is 5.69. The summed E-state index contributed by atoms with van der Waals surface area (Å²) < 4.78 is 12.1. The van der Waals surface area contributed by atoms with Crippen LogP contribution in [0.4, 0.5) is 0 Å². The normalized spacial score (nSPS) is 32.8. The zero-order valence-corrected chi connectivity index (χ0v) is 15.7. The van der Waals surface area contributed by atoms with Crippen molar-refractivity contribution >= 4 is 21.9 Å². The van der Waals surface area contributed by atoms with Crippen molar-refractivity contribution in [3.63, 3.8) is 0 Å². The number of halogens is 1. The van der Waals surface area contributed by atoms with E-state index in [1.165, 1.54) is 5.56 Å². The number of hydrogen-bond donors (Lipinski definition) is 0. The third-order valence-corrected chi connectivity index (χ3v) is 6.18. The lowest BCUT2D eigenvalue weighted by atomic mass is 9.62. The van der Waals surface area contributed by atoms with Crippen molar-refractivity contribution < 1.29 is 14.3 Å². The summed E-state index contributed by atoms with van der Waals surface area (Å²) in [6.45, 7) is 4.56. The molecule has 2 aliphatic carbocycles. The van der Waals surface area contributed by atoms with Crippen molar-refractivity contribution in [2.24, 2.45) is 11.3 Å². The van der Waals surface area contributed by atoms with Crippen molar-refractivity contribution in [1.29, 1.82) is 0 Å². The molecule has 0 heterocycles. The number of hydrogen-bond acceptors (Lipinski definition) is 3. The van der Waals surface area contributed by atoms with E-state index >= 15 is 0 Å². The third kappa shape index (κ3) is 2.96. The molecular formula is C19H25BrO3. The highest BCUT2D eigenvalue weighted by atomic mass is 79.9. The predicted molar refractivity (Wildman–Crippen MR) is 93.5 cm³/mol. The van der Waals surface area contributed by atoms with Gasteiger partial charge in [0.05, 0.1) is 18.6 Å². The second-order valence-corrected chi connectivity index (χ2v) is 7.98. The van der Waals surface area contributed by atoms with Crippen LogP contribution in [0.5, 0.6) is 0 Å². The quantitative estimate of drug-likeness (QED) is 0.725. The Morgan fingerprint density at radius 1 is 1.43 bits per heavy atom. The molecule has 1 aromatic rings. The number of carbonyl (C=O) groups is 1. The number of benzene rings is 1. The van der Waals surface area contributed by atoms with E-state index in [4.69, 9.17) is 9.47 Å². The van der Waals surface area contributed by atoms with E-state index in [0.717, 1.165) is 35.7 Å². The molecule has 23 heavy (non-hydrogen) atoms. The van der Waals surface area contributed by atoms with E-state index < -0.39 is 0 Å². The van der Waals surface area contributed by atoms with Crippen LogP contribution in [-0.2, 0) is 20.7 Å². The second kappa shape index (κ2) is 6.56. The van der Waals surface area contributed by atoms with E-state index in [1.807, 2.05) is 6.92 Å². The minimum atomic E-state index is -0.143. The van der Waals surface area contributed by atoms with Crippen LogP contribution in [0.1, 0.15) is 50.2 Å². The number of methoxy groups -OCH3 is 1. The van der Waals surface area contributed by atoms with Gasteiger partial charge in [0.1, 0.15) is 0 Å². The van der Waals surface area contributed by atoms with Crippen molar-refractivity contribution in [2.45, 2.75) is 51.6 Å².